The molecule has 5 rings (SSSR count). The number of hydrogen-bond acceptors (Lipinski definition) is 8. The first-order chi connectivity index (χ1) is 25.7. The predicted octanol–water partition coefficient (Wildman–Crippen LogP) is 0.605. The number of hydrogen-bond donors (Lipinski definition) is 8. The Morgan fingerprint density at radius 2 is 1.69 bits per heavy atom. The molecule has 2 fully saturated rings. The number of nitrogens with zero attached hydrogens (tertiary/aromatic N) is 3. The van der Waals surface area contributed by atoms with Gasteiger partial charge in [0.25, 0.3) is 0 Å². The van der Waals surface area contributed by atoms with Gasteiger partial charge in [0.2, 0.25) is 29.5 Å². The number of nitrogens with two attached hydrogens (primary N) is 4. The smallest absolute Gasteiger partial charge is 0.243 e. The quantitative estimate of drug-likeness (QED) is 0.0605. The summed E-state index contributed by atoms with van der Waals surface area (Å²) >= 11 is 0. The van der Waals surface area contributed by atoms with Crippen LogP contribution in [0.2, 0.25) is 0 Å². The van der Waals surface area contributed by atoms with Crippen molar-refractivity contribution in [2.75, 3.05) is 19.7 Å². The zero-order valence-electron chi connectivity index (χ0n) is 32.3. The standard InChI is InChI=1S/C37H65N11O6/c1-37(2,21-29(38)49)23-54-32(39)26(15-9-18-42-36(40)41)43-33(51)27-14-8-13-25-22-47(46-25)19-7-6-17-30(50)48-20-10-16-28(48)34(52)45-31(35(53)44-27)24-11-4-3-5-12-24/h22,24,26-28,31-32,46H,3-21,23,39H2,1-2H3,(H2,38,49)(H,43,51)(H,44,53)(H,45,52)(H4,40,41,42). The van der Waals surface area contributed by atoms with Crippen molar-refractivity contribution in [1.82, 2.24) is 30.6 Å². The Hall–Kier alpha value is -4.12. The summed E-state index contributed by atoms with van der Waals surface area (Å²) in [6, 6.07) is -3.11. The van der Waals surface area contributed by atoms with Crippen LogP contribution < -0.4 is 38.9 Å². The number of fused-ring (bicyclic) bond motifs is 12. The summed E-state index contributed by atoms with van der Waals surface area (Å²) in [6.07, 6.45) is 11.2. The third-order valence-corrected chi connectivity index (χ3v) is 10.8. The molecule has 12 N–H and O–H groups in total. The summed E-state index contributed by atoms with van der Waals surface area (Å²) in [5.74, 6) is -1.84. The molecule has 0 aromatic carbocycles. The van der Waals surface area contributed by atoms with Crippen molar-refractivity contribution in [3.8, 4) is 0 Å². The molecule has 5 unspecified atom stereocenters. The highest BCUT2D eigenvalue weighted by molar-refractivity contribution is 5.94. The molecule has 3 aliphatic heterocycles. The number of aliphatic imine (C=N–C) groups is 1. The molecule has 1 saturated heterocycles. The molecule has 5 amide bonds. The number of rotatable bonds is 13. The molecule has 0 spiro atoms. The first-order valence-electron chi connectivity index (χ1n) is 19.9. The van der Waals surface area contributed by atoms with Gasteiger partial charge in [-0.1, -0.05) is 33.1 Å². The number of ether oxygens (including phenoxy) is 1. The molecular weight excluding hydrogens is 694 g/mol. The van der Waals surface area contributed by atoms with Crippen LogP contribution >= 0.6 is 0 Å². The number of carbonyl (C=O) groups excluding carboxylic acids is 5. The minimum absolute atomic E-state index is 0.0414. The Kier molecular flexibility index (Phi) is 16.2. The number of aromatic nitrogens is 2. The van der Waals surface area contributed by atoms with Crippen LogP contribution in [0.3, 0.4) is 0 Å². The van der Waals surface area contributed by atoms with E-state index in [1.165, 1.54) is 0 Å². The van der Waals surface area contributed by atoms with Crippen LogP contribution in [0.1, 0.15) is 116 Å². The SMILES string of the molecule is CC(C)(COC(N)C(CCCN=C(N)N)NC(=O)C1CCCc2cn([nH]2)CCCCC(=O)N2CCCC2C(=O)NC(C2CCCCC2)C(=O)N1)CC(N)=O. The summed E-state index contributed by atoms with van der Waals surface area (Å²) in [5, 5.41) is 12.4. The molecule has 1 aromatic rings. The van der Waals surface area contributed by atoms with E-state index in [4.69, 9.17) is 27.7 Å². The second-order valence-corrected chi connectivity index (χ2v) is 16.1. The van der Waals surface area contributed by atoms with Crippen LogP contribution in [0.5, 0.6) is 0 Å². The van der Waals surface area contributed by atoms with Gasteiger partial charge in [-0.15, -0.1) is 0 Å². The highest BCUT2D eigenvalue weighted by Gasteiger charge is 2.39. The van der Waals surface area contributed by atoms with Crippen LogP contribution in [-0.2, 0) is 41.7 Å². The Morgan fingerprint density at radius 3 is 2.39 bits per heavy atom. The molecule has 54 heavy (non-hydrogen) atoms. The monoisotopic (exact) mass is 760 g/mol. The Bertz CT molecular complexity index is 1420. The van der Waals surface area contributed by atoms with Crippen molar-refractivity contribution in [2.24, 2.45) is 39.3 Å². The van der Waals surface area contributed by atoms with Gasteiger partial charge in [-0.3, -0.25) is 33.6 Å². The van der Waals surface area contributed by atoms with E-state index in [1.54, 1.807) is 4.90 Å². The summed E-state index contributed by atoms with van der Waals surface area (Å²) in [7, 11) is 0. The number of aromatic amines is 1. The highest BCUT2D eigenvalue weighted by Crippen LogP contribution is 2.28. The molecule has 1 aromatic heterocycles. The lowest BCUT2D eigenvalue weighted by Gasteiger charge is -2.34. The number of guanidine groups is 1. The van der Waals surface area contributed by atoms with Gasteiger partial charge in [0.05, 0.1) is 12.6 Å². The molecule has 0 radical (unpaired) electrons. The molecule has 1 aliphatic carbocycles. The zero-order chi connectivity index (χ0) is 39.3. The molecule has 4 aliphatic rings. The van der Waals surface area contributed by atoms with E-state index in [9.17, 15) is 24.0 Å². The minimum atomic E-state index is -0.957. The van der Waals surface area contributed by atoms with E-state index in [-0.39, 0.29) is 36.7 Å². The van der Waals surface area contributed by atoms with Gasteiger partial charge in [-0.05, 0) is 82.0 Å². The van der Waals surface area contributed by atoms with E-state index in [1.807, 2.05) is 24.7 Å². The predicted molar refractivity (Wildman–Crippen MR) is 204 cm³/mol. The van der Waals surface area contributed by atoms with Gasteiger partial charge < -0.3 is 53.6 Å². The third-order valence-electron chi connectivity index (χ3n) is 10.8. The molecule has 4 heterocycles. The molecular formula is C37H65N11O6. The van der Waals surface area contributed by atoms with Crippen molar-refractivity contribution in [3.05, 3.63) is 11.9 Å². The van der Waals surface area contributed by atoms with Crippen molar-refractivity contribution < 1.29 is 28.7 Å². The fourth-order valence-corrected chi connectivity index (χ4v) is 7.87. The number of nitrogens with one attached hydrogen (secondary N) is 4. The Labute approximate surface area is 318 Å². The van der Waals surface area contributed by atoms with Crippen molar-refractivity contribution in [1.29, 1.82) is 0 Å². The Balaban J connectivity index is 1.56. The van der Waals surface area contributed by atoms with Crippen LogP contribution in [0.15, 0.2) is 11.2 Å². The lowest BCUT2D eigenvalue weighted by molar-refractivity contribution is -0.140. The molecule has 2 bridgehead atoms. The van der Waals surface area contributed by atoms with Gasteiger partial charge in [-0.25, -0.2) is 0 Å². The molecule has 304 valence electrons. The van der Waals surface area contributed by atoms with Gasteiger partial charge in [-0.2, -0.15) is 0 Å². The molecule has 17 nitrogen and oxygen atoms in total. The van der Waals surface area contributed by atoms with Crippen LogP contribution in [0.25, 0.3) is 0 Å². The maximum Gasteiger partial charge on any atom is 0.243 e. The lowest BCUT2D eigenvalue weighted by atomic mass is 9.83. The highest BCUT2D eigenvalue weighted by atomic mass is 16.5. The van der Waals surface area contributed by atoms with Crippen LogP contribution in [0.4, 0.5) is 0 Å². The van der Waals surface area contributed by atoms with Crippen LogP contribution in [-0.4, -0.2) is 100 Å². The zero-order valence-corrected chi connectivity index (χ0v) is 32.3. The van der Waals surface area contributed by atoms with Crippen molar-refractivity contribution in [3.63, 3.8) is 0 Å². The maximum absolute atomic E-state index is 14.3. The summed E-state index contributed by atoms with van der Waals surface area (Å²) < 4.78 is 7.99. The molecule has 1 saturated carbocycles. The topological polar surface area (TPSA) is 271 Å². The van der Waals surface area contributed by atoms with E-state index in [0.29, 0.717) is 64.5 Å². The third kappa shape index (κ3) is 13.3. The number of amides is 5. The largest absolute Gasteiger partial charge is 0.370 e. The van der Waals surface area contributed by atoms with Gasteiger partial charge in [0.1, 0.15) is 24.4 Å². The van der Waals surface area contributed by atoms with Gasteiger partial charge >= 0.3 is 0 Å². The summed E-state index contributed by atoms with van der Waals surface area (Å²) in [6.45, 7) is 5.36. The first kappa shape index (κ1) is 42.6. The van der Waals surface area contributed by atoms with E-state index in [0.717, 1.165) is 57.2 Å². The number of aryl methyl sites for hydroxylation is 2. The first-order valence-corrected chi connectivity index (χ1v) is 19.9. The molecule has 5 atom stereocenters. The van der Waals surface area contributed by atoms with E-state index in [2.05, 4.69) is 26.0 Å². The second kappa shape index (κ2) is 20.5. The van der Waals surface area contributed by atoms with E-state index >= 15 is 0 Å². The number of carbonyl (C=O) groups is 5. The maximum atomic E-state index is 14.3. The summed E-state index contributed by atoms with van der Waals surface area (Å²) in [4.78, 5) is 72.9. The average molecular weight is 760 g/mol. The average Bonchev–Trinajstić information content (AvgIpc) is 3.60. The van der Waals surface area contributed by atoms with Gasteiger partial charge in [0.15, 0.2) is 5.96 Å². The fourth-order valence-electron chi connectivity index (χ4n) is 7.87. The van der Waals surface area contributed by atoms with Crippen molar-refractivity contribution >= 4 is 35.5 Å². The van der Waals surface area contributed by atoms with Crippen molar-refractivity contribution in [2.45, 2.75) is 154 Å². The van der Waals surface area contributed by atoms with Gasteiger partial charge in [0, 0.05) is 44.4 Å². The lowest BCUT2D eigenvalue weighted by Crippen LogP contribution is -2.60. The normalized spacial score (nSPS) is 23.9. The second-order valence-electron chi connectivity index (χ2n) is 16.1. The van der Waals surface area contributed by atoms with Crippen LogP contribution in [0, 0.1) is 11.3 Å². The number of primary amides is 1. The number of H-pyrrole nitrogens is 1. The minimum Gasteiger partial charge on any atom is -0.370 e. The Morgan fingerprint density at radius 1 is 0.944 bits per heavy atom. The summed E-state index contributed by atoms with van der Waals surface area (Å²) in [5.41, 5.74) is 23.4. The molecule has 17 heteroatoms. The fraction of sp³-hybridized carbons (Fsp3) is 0.784. The van der Waals surface area contributed by atoms with E-state index < -0.39 is 53.5 Å².